The van der Waals surface area contributed by atoms with Gasteiger partial charge in [-0.15, -0.1) is 0 Å². The molecule has 1 aliphatic heterocycles. The Bertz CT molecular complexity index is 430. The van der Waals surface area contributed by atoms with Crippen molar-refractivity contribution >= 4 is 12.0 Å². The normalized spacial score (nSPS) is 17.6. The van der Waals surface area contributed by atoms with Crippen molar-refractivity contribution in [3.05, 3.63) is 47.7 Å². The minimum absolute atomic E-state index is 0.129. The quantitative estimate of drug-likeness (QED) is 0.709. The molecule has 0 amide bonds. The summed E-state index contributed by atoms with van der Waals surface area (Å²) >= 11 is 0. The molecule has 0 spiro atoms. The molecule has 0 fully saturated rings. The maximum absolute atomic E-state index is 11.1. The summed E-state index contributed by atoms with van der Waals surface area (Å²) in [5.41, 5.74) is 2.09. The minimum atomic E-state index is 0.129. The minimum Gasteiger partial charge on any atom is -0.295 e. The molecule has 0 aromatic heterocycles. The van der Waals surface area contributed by atoms with Crippen LogP contribution in [0.4, 0.5) is 0 Å². The summed E-state index contributed by atoms with van der Waals surface area (Å²) < 4.78 is 0. The molecule has 2 heteroatoms. The fraction of sp³-hybridized carbons (Fsp3) is 0.333. The summed E-state index contributed by atoms with van der Waals surface area (Å²) in [6, 6.07) is 7.92. The Kier molecular flexibility index (Phi) is 3.86. The molecule has 1 atom stereocenters. The van der Waals surface area contributed by atoms with Gasteiger partial charge in [-0.25, -0.2) is 0 Å². The first kappa shape index (κ1) is 11.8. The van der Waals surface area contributed by atoms with E-state index < -0.39 is 0 Å². The van der Waals surface area contributed by atoms with Gasteiger partial charge in [-0.1, -0.05) is 30.3 Å². The highest BCUT2D eigenvalue weighted by Gasteiger charge is 2.05. The number of hydrogen-bond acceptors (Lipinski definition) is 2. The number of Topliss-reactive ketones (excluding diaryl/α,β-unsaturated/α-hetero) is 1. The van der Waals surface area contributed by atoms with Crippen LogP contribution in [0.5, 0.6) is 0 Å². The van der Waals surface area contributed by atoms with E-state index in [-0.39, 0.29) is 5.78 Å². The van der Waals surface area contributed by atoms with Crippen LogP contribution < -0.4 is 0 Å². The van der Waals surface area contributed by atoms with Gasteiger partial charge in [0.25, 0.3) is 0 Å². The monoisotopic (exact) mass is 227 g/mol. The van der Waals surface area contributed by atoms with Crippen LogP contribution in [-0.2, 0) is 6.42 Å². The van der Waals surface area contributed by atoms with Gasteiger partial charge in [0.15, 0.2) is 5.78 Å². The molecular weight excluding hydrogens is 210 g/mol. The molecule has 0 bridgehead atoms. The molecule has 0 saturated carbocycles. The molecule has 0 aliphatic carbocycles. The number of aliphatic imine (C=N–C) groups is 1. The fourth-order valence-corrected chi connectivity index (χ4v) is 1.99. The molecule has 2 rings (SSSR count). The average Bonchev–Trinajstić information content (AvgIpc) is 2.83. The van der Waals surface area contributed by atoms with Crippen molar-refractivity contribution in [3.63, 3.8) is 0 Å². The van der Waals surface area contributed by atoms with Gasteiger partial charge in [0.2, 0.25) is 0 Å². The number of hydrogen-bond donors (Lipinski definition) is 0. The van der Waals surface area contributed by atoms with Crippen molar-refractivity contribution in [2.75, 3.05) is 0 Å². The van der Waals surface area contributed by atoms with Gasteiger partial charge in [0.05, 0.1) is 0 Å². The number of ketones is 1. The number of rotatable bonds is 5. The van der Waals surface area contributed by atoms with Crippen LogP contribution in [-0.4, -0.2) is 12.0 Å². The van der Waals surface area contributed by atoms with Crippen molar-refractivity contribution in [2.24, 2.45) is 10.9 Å². The van der Waals surface area contributed by atoms with Crippen LogP contribution in [0.3, 0.4) is 0 Å². The Morgan fingerprint density at radius 1 is 1.29 bits per heavy atom. The van der Waals surface area contributed by atoms with Crippen LogP contribution in [0.2, 0.25) is 0 Å². The van der Waals surface area contributed by atoms with Crippen molar-refractivity contribution in [1.82, 2.24) is 0 Å². The average molecular weight is 227 g/mol. The van der Waals surface area contributed by atoms with E-state index in [1.165, 1.54) is 5.56 Å². The van der Waals surface area contributed by atoms with E-state index in [0.29, 0.717) is 5.92 Å². The number of benzene rings is 1. The van der Waals surface area contributed by atoms with Gasteiger partial charge in [-0.2, -0.15) is 0 Å². The third kappa shape index (κ3) is 3.38. The summed E-state index contributed by atoms with van der Waals surface area (Å²) in [5.74, 6) is 0.648. The molecule has 0 saturated heterocycles. The molecule has 1 unspecified atom stereocenters. The van der Waals surface area contributed by atoms with Crippen LogP contribution >= 0.6 is 0 Å². The van der Waals surface area contributed by atoms with Gasteiger partial charge in [-0.05, 0) is 31.7 Å². The SMILES string of the molecule is CC(=O)c1ccc(CCCC2C=CN=C2)cc1. The Morgan fingerprint density at radius 2 is 2.06 bits per heavy atom. The Balaban J connectivity index is 1.80. The van der Waals surface area contributed by atoms with Crippen molar-refractivity contribution < 1.29 is 4.79 Å². The number of nitrogens with zero attached hydrogens (tertiary/aromatic N) is 1. The second kappa shape index (κ2) is 5.58. The molecule has 0 N–H and O–H groups in total. The van der Waals surface area contributed by atoms with E-state index in [4.69, 9.17) is 0 Å². The molecule has 2 nitrogen and oxygen atoms in total. The molecular formula is C15H17NO. The predicted molar refractivity (Wildman–Crippen MR) is 70.5 cm³/mol. The lowest BCUT2D eigenvalue weighted by Gasteiger charge is -2.05. The second-order valence-electron chi connectivity index (χ2n) is 4.45. The third-order valence-electron chi connectivity index (χ3n) is 3.06. The maximum Gasteiger partial charge on any atom is 0.159 e. The van der Waals surface area contributed by atoms with Gasteiger partial charge >= 0.3 is 0 Å². The number of carbonyl (C=O) groups excluding carboxylic acids is 1. The molecule has 17 heavy (non-hydrogen) atoms. The summed E-state index contributed by atoms with van der Waals surface area (Å²) in [6.45, 7) is 1.60. The number of allylic oxidation sites excluding steroid dienone is 1. The first-order chi connectivity index (χ1) is 8.25. The van der Waals surface area contributed by atoms with Crippen LogP contribution in [0.25, 0.3) is 0 Å². The fourth-order valence-electron chi connectivity index (χ4n) is 1.99. The van der Waals surface area contributed by atoms with Gasteiger partial charge < -0.3 is 0 Å². The van der Waals surface area contributed by atoms with Crippen LogP contribution in [0.15, 0.2) is 41.5 Å². The van der Waals surface area contributed by atoms with E-state index >= 15 is 0 Å². The van der Waals surface area contributed by atoms with Gasteiger partial charge in [0.1, 0.15) is 0 Å². The molecule has 88 valence electrons. The van der Waals surface area contributed by atoms with Crippen molar-refractivity contribution in [3.8, 4) is 0 Å². The van der Waals surface area contributed by atoms with Gasteiger partial charge in [0, 0.05) is 23.9 Å². The van der Waals surface area contributed by atoms with E-state index in [1.807, 2.05) is 24.5 Å². The molecule has 0 radical (unpaired) electrons. The Hall–Kier alpha value is -1.70. The number of aryl methyl sites for hydroxylation is 1. The third-order valence-corrected chi connectivity index (χ3v) is 3.06. The van der Waals surface area contributed by atoms with E-state index in [2.05, 4.69) is 23.2 Å². The topological polar surface area (TPSA) is 29.4 Å². The van der Waals surface area contributed by atoms with E-state index in [9.17, 15) is 4.79 Å². The maximum atomic E-state index is 11.1. The first-order valence-corrected chi connectivity index (χ1v) is 6.05. The number of carbonyl (C=O) groups is 1. The summed E-state index contributed by atoms with van der Waals surface area (Å²) in [6.07, 6.45) is 9.37. The zero-order chi connectivity index (χ0) is 12.1. The van der Waals surface area contributed by atoms with Crippen molar-refractivity contribution in [2.45, 2.75) is 26.2 Å². The second-order valence-corrected chi connectivity index (χ2v) is 4.45. The van der Waals surface area contributed by atoms with Crippen LogP contribution in [0.1, 0.15) is 35.7 Å². The molecule has 1 aromatic carbocycles. The van der Waals surface area contributed by atoms with Crippen molar-refractivity contribution in [1.29, 1.82) is 0 Å². The summed E-state index contributed by atoms with van der Waals surface area (Å²) in [5, 5.41) is 0. The van der Waals surface area contributed by atoms with Gasteiger partial charge in [-0.3, -0.25) is 9.79 Å². The summed E-state index contributed by atoms with van der Waals surface area (Å²) in [4.78, 5) is 15.2. The highest BCUT2D eigenvalue weighted by Crippen LogP contribution is 2.14. The molecule has 1 aromatic rings. The lowest BCUT2D eigenvalue weighted by molar-refractivity contribution is 0.101. The highest BCUT2D eigenvalue weighted by molar-refractivity contribution is 5.93. The van der Waals surface area contributed by atoms with E-state index in [1.54, 1.807) is 6.92 Å². The largest absolute Gasteiger partial charge is 0.295 e. The predicted octanol–water partition coefficient (Wildman–Crippen LogP) is 3.43. The standard InChI is InChI=1S/C15H17NO/c1-12(17)15-7-5-13(6-8-15)3-2-4-14-9-10-16-11-14/h5-11,14H,2-4H2,1H3. The Morgan fingerprint density at radius 3 is 2.65 bits per heavy atom. The lowest BCUT2D eigenvalue weighted by atomic mass is 10.00. The first-order valence-electron chi connectivity index (χ1n) is 6.05. The summed E-state index contributed by atoms with van der Waals surface area (Å²) in [7, 11) is 0. The molecule has 1 heterocycles. The zero-order valence-corrected chi connectivity index (χ0v) is 10.1. The lowest BCUT2D eigenvalue weighted by Crippen LogP contribution is -1.97. The zero-order valence-electron chi connectivity index (χ0n) is 10.1. The highest BCUT2D eigenvalue weighted by atomic mass is 16.1. The molecule has 1 aliphatic rings. The Labute approximate surface area is 102 Å². The van der Waals surface area contributed by atoms with Crippen LogP contribution in [0, 0.1) is 5.92 Å². The smallest absolute Gasteiger partial charge is 0.159 e. The van der Waals surface area contributed by atoms with E-state index in [0.717, 1.165) is 24.8 Å².